The summed E-state index contributed by atoms with van der Waals surface area (Å²) >= 11 is 0. The van der Waals surface area contributed by atoms with Gasteiger partial charge in [-0.1, -0.05) is 42.2 Å². The molecule has 3 nitrogen and oxygen atoms in total. The molecule has 2 atom stereocenters. The highest BCUT2D eigenvalue weighted by Gasteiger charge is 2.15. The van der Waals surface area contributed by atoms with Crippen molar-refractivity contribution in [2.45, 2.75) is 18.9 Å². The molecule has 4 heteroatoms. The van der Waals surface area contributed by atoms with Crippen LogP contribution >= 0.6 is 0 Å². The fourth-order valence-electron chi connectivity index (χ4n) is 1.20. The molecule has 2 N–H and O–H groups in total. The van der Waals surface area contributed by atoms with E-state index in [-0.39, 0.29) is 6.61 Å². The van der Waals surface area contributed by atoms with Gasteiger partial charge >= 0.3 is 0 Å². The van der Waals surface area contributed by atoms with Gasteiger partial charge in [-0.2, -0.15) is 0 Å². The molecule has 0 aliphatic heterocycles. The van der Waals surface area contributed by atoms with Crippen molar-refractivity contribution in [3.63, 3.8) is 0 Å². The summed E-state index contributed by atoms with van der Waals surface area (Å²) in [6.07, 6.45) is -2.99. The van der Waals surface area contributed by atoms with Gasteiger partial charge in [-0.3, -0.25) is 0 Å². The second-order valence-electron chi connectivity index (χ2n) is 3.45. The first-order chi connectivity index (χ1) is 8.24. The van der Waals surface area contributed by atoms with Crippen LogP contribution in [0.25, 0.3) is 0 Å². The number of rotatable bonds is 5. The predicted octanol–water partition coefficient (Wildman–Crippen LogP) is 0.898. The van der Waals surface area contributed by atoms with Crippen molar-refractivity contribution in [1.29, 1.82) is 0 Å². The van der Waals surface area contributed by atoms with Gasteiger partial charge in [0.25, 0.3) is 0 Å². The molecule has 1 aromatic carbocycles. The number of hydrogen-bond acceptors (Lipinski definition) is 3. The number of benzene rings is 1. The van der Waals surface area contributed by atoms with E-state index in [1.807, 2.05) is 30.3 Å². The molecule has 0 unspecified atom stereocenters. The first-order valence-corrected chi connectivity index (χ1v) is 5.27. The maximum atomic E-state index is 13.1. The molecule has 0 aromatic heterocycles. The Balaban J connectivity index is 2.26. The highest BCUT2D eigenvalue weighted by molar-refractivity contribution is 5.13. The molecule has 0 aliphatic carbocycles. The van der Waals surface area contributed by atoms with Crippen LogP contribution in [-0.2, 0) is 11.3 Å². The van der Waals surface area contributed by atoms with Crippen molar-refractivity contribution in [3.05, 3.63) is 35.9 Å². The second-order valence-corrected chi connectivity index (χ2v) is 3.45. The average molecular weight is 238 g/mol. The maximum absolute atomic E-state index is 13.1. The van der Waals surface area contributed by atoms with E-state index in [0.717, 1.165) is 5.56 Å². The smallest absolute Gasteiger partial charge is 0.188 e. The van der Waals surface area contributed by atoms with Crippen LogP contribution in [-0.4, -0.2) is 35.7 Å². The minimum absolute atomic E-state index is 0.129. The lowest BCUT2D eigenvalue weighted by atomic mass is 10.2. The largest absolute Gasteiger partial charge is 0.387 e. The van der Waals surface area contributed by atoms with E-state index in [2.05, 4.69) is 11.8 Å². The molecule has 0 aliphatic rings. The first kappa shape index (κ1) is 13.7. The first-order valence-electron chi connectivity index (χ1n) is 5.27. The molecule has 0 radical (unpaired) electrons. The van der Waals surface area contributed by atoms with E-state index in [4.69, 9.17) is 9.84 Å². The summed E-state index contributed by atoms with van der Waals surface area (Å²) in [5.41, 5.74) is 0.955. The average Bonchev–Trinajstić information content (AvgIpc) is 2.37. The SMILES string of the molecule is OCC#C[C@@H](F)[C@@H](O)COCc1ccccc1. The molecule has 0 saturated heterocycles. The Morgan fingerprint density at radius 3 is 2.65 bits per heavy atom. The summed E-state index contributed by atoms with van der Waals surface area (Å²) in [5.74, 6) is 4.24. The summed E-state index contributed by atoms with van der Waals surface area (Å²) in [6, 6.07) is 9.40. The van der Waals surface area contributed by atoms with E-state index in [1.54, 1.807) is 0 Å². The van der Waals surface area contributed by atoms with E-state index < -0.39 is 18.9 Å². The molecular weight excluding hydrogens is 223 g/mol. The van der Waals surface area contributed by atoms with Crippen LogP contribution < -0.4 is 0 Å². The predicted molar refractivity (Wildman–Crippen MR) is 61.9 cm³/mol. The van der Waals surface area contributed by atoms with Gasteiger partial charge in [0.15, 0.2) is 6.17 Å². The molecule has 0 heterocycles. The lowest BCUT2D eigenvalue weighted by Gasteiger charge is -2.11. The number of aliphatic hydroxyl groups is 2. The normalized spacial score (nSPS) is 13.6. The van der Waals surface area contributed by atoms with Crippen molar-refractivity contribution in [3.8, 4) is 11.8 Å². The Morgan fingerprint density at radius 2 is 2.00 bits per heavy atom. The van der Waals surface area contributed by atoms with Crippen LogP contribution in [0.15, 0.2) is 30.3 Å². The number of ether oxygens (including phenoxy) is 1. The van der Waals surface area contributed by atoms with Crippen molar-refractivity contribution >= 4 is 0 Å². The summed E-state index contributed by atoms with van der Waals surface area (Å²) in [4.78, 5) is 0. The molecule has 1 rings (SSSR count). The van der Waals surface area contributed by atoms with Crippen LogP contribution in [0.4, 0.5) is 4.39 Å². The highest BCUT2D eigenvalue weighted by Crippen LogP contribution is 2.03. The Hall–Kier alpha value is -1.41. The highest BCUT2D eigenvalue weighted by atomic mass is 19.1. The second kappa shape index (κ2) is 7.80. The molecular formula is C13H15FO3. The van der Waals surface area contributed by atoms with Gasteiger partial charge in [0, 0.05) is 0 Å². The molecule has 0 spiro atoms. The molecule has 17 heavy (non-hydrogen) atoms. The van der Waals surface area contributed by atoms with Crippen LogP contribution in [0.2, 0.25) is 0 Å². The van der Waals surface area contributed by atoms with Crippen molar-refractivity contribution in [2.75, 3.05) is 13.2 Å². The Labute approximate surface area is 99.9 Å². The summed E-state index contributed by atoms with van der Waals surface area (Å²) in [7, 11) is 0. The Kier molecular flexibility index (Phi) is 6.26. The van der Waals surface area contributed by atoms with Gasteiger partial charge in [-0.15, -0.1) is 0 Å². The quantitative estimate of drug-likeness (QED) is 0.749. The van der Waals surface area contributed by atoms with E-state index in [0.29, 0.717) is 6.61 Å². The van der Waals surface area contributed by atoms with Crippen molar-refractivity contribution in [1.82, 2.24) is 0 Å². The summed E-state index contributed by atoms with van der Waals surface area (Å²) in [5, 5.41) is 17.7. The number of alkyl halides is 1. The lowest BCUT2D eigenvalue weighted by Crippen LogP contribution is -2.26. The molecule has 0 amide bonds. The summed E-state index contributed by atoms with van der Waals surface area (Å²) < 4.78 is 18.3. The van der Waals surface area contributed by atoms with Crippen LogP contribution in [0, 0.1) is 11.8 Å². The molecule has 0 saturated carbocycles. The molecule has 92 valence electrons. The van der Waals surface area contributed by atoms with E-state index in [9.17, 15) is 9.50 Å². The van der Waals surface area contributed by atoms with Crippen LogP contribution in [0.1, 0.15) is 5.56 Å². The van der Waals surface area contributed by atoms with Gasteiger partial charge in [0.05, 0.1) is 13.2 Å². The monoisotopic (exact) mass is 238 g/mol. The van der Waals surface area contributed by atoms with Crippen molar-refractivity contribution in [2.24, 2.45) is 0 Å². The third kappa shape index (κ3) is 5.45. The van der Waals surface area contributed by atoms with Gasteiger partial charge in [-0.05, 0) is 5.56 Å². The van der Waals surface area contributed by atoms with Crippen molar-refractivity contribution < 1.29 is 19.3 Å². The number of aliphatic hydroxyl groups excluding tert-OH is 2. The fourth-order valence-corrected chi connectivity index (χ4v) is 1.20. The Morgan fingerprint density at radius 1 is 1.29 bits per heavy atom. The zero-order valence-electron chi connectivity index (χ0n) is 9.34. The van der Waals surface area contributed by atoms with Gasteiger partial charge < -0.3 is 14.9 Å². The van der Waals surface area contributed by atoms with E-state index >= 15 is 0 Å². The third-order valence-corrected chi connectivity index (χ3v) is 2.06. The lowest BCUT2D eigenvalue weighted by molar-refractivity contribution is 0.00168. The van der Waals surface area contributed by atoms with Gasteiger partial charge in [0.1, 0.15) is 12.7 Å². The fraction of sp³-hybridized carbons (Fsp3) is 0.385. The third-order valence-electron chi connectivity index (χ3n) is 2.06. The summed E-state index contributed by atoms with van der Waals surface area (Å²) in [6.45, 7) is -0.230. The number of halogens is 1. The van der Waals surface area contributed by atoms with Gasteiger partial charge in [0.2, 0.25) is 0 Å². The van der Waals surface area contributed by atoms with E-state index in [1.165, 1.54) is 0 Å². The minimum atomic E-state index is -1.70. The van der Waals surface area contributed by atoms with Crippen LogP contribution in [0.5, 0.6) is 0 Å². The molecule has 0 fully saturated rings. The molecule has 1 aromatic rings. The Bertz CT molecular complexity index is 369. The molecule has 0 bridgehead atoms. The van der Waals surface area contributed by atoms with Crippen LogP contribution in [0.3, 0.4) is 0 Å². The maximum Gasteiger partial charge on any atom is 0.188 e. The standard InChI is InChI=1S/C13H15FO3/c14-12(7-4-8-15)13(16)10-17-9-11-5-2-1-3-6-11/h1-3,5-6,12-13,15-16H,8-10H2/t12-,13+/m1/s1. The zero-order valence-corrected chi connectivity index (χ0v) is 9.34. The topological polar surface area (TPSA) is 49.7 Å². The zero-order chi connectivity index (χ0) is 12.5. The number of hydrogen-bond donors (Lipinski definition) is 2. The van der Waals surface area contributed by atoms with Gasteiger partial charge in [-0.25, -0.2) is 4.39 Å². The minimum Gasteiger partial charge on any atom is -0.387 e.